The van der Waals surface area contributed by atoms with E-state index < -0.39 is 25.3 Å². The Hall–Kier alpha value is -2.26. The van der Waals surface area contributed by atoms with Crippen LogP contribution in [0.1, 0.15) is 0 Å². The number of hydrogen-bond acceptors (Lipinski definition) is 7. The van der Waals surface area contributed by atoms with Gasteiger partial charge in [-0.05, 0) is 36.4 Å². The molecule has 0 atom stereocenters. The summed E-state index contributed by atoms with van der Waals surface area (Å²) in [5.74, 6) is 0.502. The summed E-state index contributed by atoms with van der Waals surface area (Å²) >= 11 is 0. The van der Waals surface area contributed by atoms with E-state index in [9.17, 15) is 16.8 Å². The van der Waals surface area contributed by atoms with Gasteiger partial charge in [0.1, 0.15) is 17.2 Å². The van der Waals surface area contributed by atoms with Gasteiger partial charge in [-0.1, -0.05) is 18.2 Å². The van der Waals surface area contributed by atoms with Crippen LogP contribution in [0.2, 0.25) is 0 Å². The van der Waals surface area contributed by atoms with E-state index in [0.717, 1.165) is 0 Å². The van der Waals surface area contributed by atoms with Crippen LogP contribution in [0.3, 0.4) is 0 Å². The Morgan fingerprint density at radius 2 is 1.13 bits per heavy atom. The first-order chi connectivity index (χ1) is 10.8. The molecule has 0 fully saturated rings. The van der Waals surface area contributed by atoms with Crippen molar-refractivity contribution < 1.29 is 29.9 Å². The molecule has 0 aromatic heterocycles. The van der Waals surface area contributed by atoms with Crippen LogP contribution < -0.4 is 13.1 Å². The molecule has 2 aromatic rings. The van der Waals surface area contributed by atoms with Crippen LogP contribution in [0.25, 0.3) is 0 Å². The number of methoxy groups -OCH3 is 1. The maximum atomic E-state index is 11.8. The van der Waals surface area contributed by atoms with Crippen LogP contribution in [0.4, 0.5) is 0 Å². The molecule has 9 heteroatoms. The smallest absolute Gasteiger partial charge is 0.327 e. The lowest BCUT2D eigenvalue weighted by atomic mass is 10.3. The number of ether oxygens (including phenoxy) is 1. The molecule has 2 aromatic carbocycles. The van der Waals surface area contributed by atoms with Crippen molar-refractivity contribution >= 4 is 20.2 Å². The standard InChI is InChI=1S/C14H14O7S2/c1-19-12-7-9-14(10-8-12)21-23(17,18)11-22(15,16)20-13-5-3-2-4-6-13/h2-10H,11H2,1H3. The highest BCUT2D eigenvalue weighted by atomic mass is 32.3. The highest BCUT2D eigenvalue weighted by Gasteiger charge is 2.26. The second-order valence-corrected chi connectivity index (χ2v) is 7.90. The van der Waals surface area contributed by atoms with Crippen LogP contribution >= 0.6 is 0 Å². The summed E-state index contributed by atoms with van der Waals surface area (Å²) in [6, 6.07) is 13.3. The van der Waals surface area contributed by atoms with E-state index in [1.807, 2.05) is 0 Å². The van der Waals surface area contributed by atoms with E-state index in [0.29, 0.717) is 5.75 Å². The van der Waals surface area contributed by atoms with Crippen LogP contribution in [-0.4, -0.2) is 29.0 Å². The Kier molecular flexibility index (Phi) is 5.12. The SMILES string of the molecule is COc1ccc(OS(=O)(=O)CS(=O)(=O)Oc2ccccc2)cc1. The molecule has 0 unspecified atom stereocenters. The van der Waals surface area contributed by atoms with E-state index in [2.05, 4.69) is 0 Å². The molecular formula is C14H14O7S2. The average molecular weight is 358 g/mol. The molecule has 0 heterocycles. The molecule has 7 nitrogen and oxygen atoms in total. The topological polar surface area (TPSA) is 96.0 Å². The molecule has 0 aliphatic rings. The predicted octanol–water partition coefficient (Wildman–Crippen LogP) is 1.77. The quantitative estimate of drug-likeness (QED) is 0.696. The van der Waals surface area contributed by atoms with Crippen molar-refractivity contribution in [3.8, 4) is 17.2 Å². The molecule has 0 saturated heterocycles. The summed E-state index contributed by atoms with van der Waals surface area (Å²) in [6.45, 7) is 0. The Labute approximate surface area is 134 Å². The Balaban J connectivity index is 2.07. The summed E-state index contributed by atoms with van der Waals surface area (Å²) < 4.78 is 61.7. The molecule has 0 amide bonds. The van der Waals surface area contributed by atoms with Crippen LogP contribution in [0.15, 0.2) is 54.6 Å². The van der Waals surface area contributed by atoms with Crippen LogP contribution in [-0.2, 0) is 20.2 Å². The Bertz CT molecular complexity index is 842. The van der Waals surface area contributed by atoms with Gasteiger partial charge in [0.15, 0.2) is 0 Å². The van der Waals surface area contributed by atoms with E-state index in [1.54, 1.807) is 18.2 Å². The van der Waals surface area contributed by atoms with Crippen molar-refractivity contribution in [3.05, 3.63) is 54.6 Å². The molecule has 0 radical (unpaired) electrons. The van der Waals surface area contributed by atoms with Crippen molar-refractivity contribution in [2.45, 2.75) is 0 Å². The first-order valence-electron chi connectivity index (χ1n) is 6.33. The lowest BCUT2D eigenvalue weighted by Gasteiger charge is -2.09. The fourth-order valence-corrected chi connectivity index (χ4v) is 4.23. The van der Waals surface area contributed by atoms with Gasteiger partial charge in [0.05, 0.1) is 7.11 Å². The van der Waals surface area contributed by atoms with Crippen molar-refractivity contribution in [1.82, 2.24) is 0 Å². The molecule has 23 heavy (non-hydrogen) atoms. The van der Waals surface area contributed by atoms with Crippen LogP contribution in [0, 0.1) is 0 Å². The first kappa shape index (κ1) is 17.1. The third-order valence-electron chi connectivity index (χ3n) is 2.54. The van der Waals surface area contributed by atoms with Crippen LogP contribution in [0.5, 0.6) is 17.2 Å². The second kappa shape index (κ2) is 6.88. The molecule has 0 aliphatic heterocycles. The summed E-state index contributed by atoms with van der Waals surface area (Å²) in [4.78, 5) is 0. The Morgan fingerprint density at radius 1 is 0.696 bits per heavy atom. The highest BCUT2D eigenvalue weighted by molar-refractivity contribution is 8.04. The summed E-state index contributed by atoms with van der Waals surface area (Å²) in [6.07, 6.45) is 0. The minimum Gasteiger partial charge on any atom is -0.497 e. The van der Waals surface area contributed by atoms with E-state index in [1.165, 1.54) is 43.5 Å². The number of hydrogen-bond donors (Lipinski definition) is 0. The molecule has 2 rings (SSSR count). The van der Waals surface area contributed by atoms with Gasteiger partial charge in [-0.2, -0.15) is 16.8 Å². The fraction of sp³-hybridized carbons (Fsp3) is 0.143. The van der Waals surface area contributed by atoms with Gasteiger partial charge in [-0.3, -0.25) is 0 Å². The molecule has 124 valence electrons. The van der Waals surface area contributed by atoms with Gasteiger partial charge >= 0.3 is 20.2 Å². The second-order valence-electron chi connectivity index (χ2n) is 4.39. The highest BCUT2D eigenvalue weighted by Crippen LogP contribution is 2.20. The summed E-state index contributed by atoms with van der Waals surface area (Å²) in [7, 11) is -7.29. The molecule has 0 bridgehead atoms. The van der Waals surface area contributed by atoms with Gasteiger partial charge < -0.3 is 13.1 Å². The fourth-order valence-electron chi connectivity index (χ4n) is 1.63. The zero-order chi connectivity index (χ0) is 16.9. The van der Waals surface area contributed by atoms with Crippen molar-refractivity contribution in [1.29, 1.82) is 0 Å². The molecule has 0 saturated carbocycles. The molecular weight excluding hydrogens is 344 g/mol. The van der Waals surface area contributed by atoms with Gasteiger partial charge in [0.2, 0.25) is 5.08 Å². The van der Waals surface area contributed by atoms with Gasteiger partial charge in [0.25, 0.3) is 0 Å². The van der Waals surface area contributed by atoms with Gasteiger partial charge in [-0.25, -0.2) is 0 Å². The average Bonchev–Trinajstić information content (AvgIpc) is 2.46. The Morgan fingerprint density at radius 3 is 1.61 bits per heavy atom. The molecule has 0 aliphatic carbocycles. The van der Waals surface area contributed by atoms with Crippen molar-refractivity contribution in [2.24, 2.45) is 0 Å². The van der Waals surface area contributed by atoms with E-state index >= 15 is 0 Å². The first-order valence-corrected chi connectivity index (χ1v) is 9.48. The normalized spacial score (nSPS) is 11.7. The third-order valence-corrected chi connectivity index (χ3v) is 5.74. The maximum Gasteiger partial charge on any atom is 0.327 e. The van der Waals surface area contributed by atoms with Crippen molar-refractivity contribution in [2.75, 3.05) is 12.2 Å². The summed E-state index contributed by atoms with van der Waals surface area (Å²) in [5, 5.41) is -1.30. The molecule has 0 spiro atoms. The van der Waals surface area contributed by atoms with Crippen molar-refractivity contribution in [3.63, 3.8) is 0 Å². The van der Waals surface area contributed by atoms with E-state index in [4.69, 9.17) is 13.1 Å². The third kappa shape index (κ3) is 5.46. The largest absolute Gasteiger partial charge is 0.497 e. The van der Waals surface area contributed by atoms with Gasteiger partial charge in [-0.15, -0.1) is 0 Å². The zero-order valence-corrected chi connectivity index (χ0v) is 13.7. The summed E-state index contributed by atoms with van der Waals surface area (Å²) in [5.41, 5.74) is 0. The lowest BCUT2D eigenvalue weighted by Crippen LogP contribution is -2.24. The van der Waals surface area contributed by atoms with E-state index in [-0.39, 0.29) is 11.5 Å². The monoisotopic (exact) mass is 358 g/mol. The molecule has 0 N–H and O–H groups in total. The van der Waals surface area contributed by atoms with Gasteiger partial charge in [0, 0.05) is 0 Å². The number of rotatable bonds is 7. The maximum absolute atomic E-state index is 11.8. The predicted molar refractivity (Wildman–Crippen MR) is 83.4 cm³/mol. The number of benzene rings is 2. The number of para-hydroxylation sites is 1. The minimum absolute atomic E-state index is 0.0205. The zero-order valence-electron chi connectivity index (χ0n) is 12.1. The lowest BCUT2D eigenvalue weighted by molar-refractivity contribution is 0.413. The minimum atomic E-state index is -4.39.